The van der Waals surface area contributed by atoms with Crippen molar-refractivity contribution < 1.29 is 32.2 Å². The van der Waals surface area contributed by atoms with Gasteiger partial charge in [-0.1, -0.05) is 12.1 Å². The van der Waals surface area contributed by atoms with Crippen LogP contribution in [0.1, 0.15) is 21.6 Å². The summed E-state index contributed by atoms with van der Waals surface area (Å²) >= 11 is 0. The van der Waals surface area contributed by atoms with E-state index in [0.717, 1.165) is 17.7 Å². The van der Waals surface area contributed by atoms with Crippen LogP contribution < -0.4 is 19.5 Å². The van der Waals surface area contributed by atoms with Gasteiger partial charge in [0.2, 0.25) is 0 Å². The molecule has 0 saturated carbocycles. The number of halogens is 3. The van der Waals surface area contributed by atoms with Crippen molar-refractivity contribution in [1.29, 1.82) is 0 Å². The number of hydrogen-bond acceptors (Lipinski definition) is 5. The van der Waals surface area contributed by atoms with Crippen LogP contribution in [0.5, 0.6) is 17.2 Å². The molecule has 1 aliphatic heterocycles. The van der Waals surface area contributed by atoms with E-state index >= 15 is 0 Å². The van der Waals surface area contributed by atoms with Gasteiger partial charge in [0, 0.05) is 6.54 Å². The number of aromatic nitrogens is 2. The van der Waals surface area contributed by atoms with E-state index in [9.17, 15) is 18.0 Å². The summed E-state index contributed by atoms with van der Waals surface area (Å²) < 4.78 is 56.3. The maximum atomic E-state index is 13.0. The molecule has 0 fully saturated rings. The van der Waals surface area contributed by atoms with Crippen LogP contribution in [0.2, 0.25) is 0 Å². The summed E-state index contributed by atoms with van der Waals surface area (Å²) in [5.74, 6) is 0.849. The lowest BCUT2D eigenvalue weighted by Gasteiger charge is -2.18. The number of fused-ring (bicyclic) bond motifs is 1. The summed E-state index contributed by atoms with van der Waals surface area (Å²) in [6.07, 6.45) is -3.13. The summed E-state index contributed by atoms with van der Waals surface area (Å²) in [4.78, 5) is 12.7. The molecule has 4 rings (SSSR count). The van der Waals surface area contributed by atoms with Crippen LogP contribution in [0.15, 0.2) is 48.7 Å². The van der Waals surface area contributed by atoms with E-state index < -0.39 is 17.6 Å². The fourth-order valence-electron chi connectivity index (χ4n) is 3.09. The lowest BCUT2D eigenvalue weighted by atomic mass is 10.2. The number of carbonyl (C=O) groups is 1. The Bertz CT molecular complexity index is 1110. The monoisotopic (exact) mass is 433 g/mol. The summed E-state index contributed by atoms with van der Waals surface area (Å²) in [5, 5.41) is 6.85. The lowest BCUT2D eigenvalue weighted by Crippen LogP contribution is -2.24. The van der Waals surface area contributed by atoms with Crippen LogP contribution in [-0.4, -0.2) is 36.0 Å². The molecule has 7 nitrogen and oxygen atoms in total. The Balaban J connectivity index is 1.52. The maximum absolute atomic E-state index is 13.0. The first-order chi connectivity index (χ1) is 14.8. The van der Waals surface area contributed by atoms with Crippen molar-refractivity contribution in [2.45, 2.75) is 12.7 Å². The third kappa shape index (κ3) is 4.42. The quantitative estimate of drug-likeness (QED) is 0.666. The largest absolute Gasteiger partial charge is 0.493 e. The van der Waals surface area contributed by atoms with Gasteiger partial charge in [-0.3, -0.25) is 4.79 Å². The molecular formula is C21H18F3N3O4. The molecule has 1 amide bonds. The van der Waals surface area contributed by atoms with Crippen LogP contribution in [0.25, 0.3) is 5.69 Å². The number of nitrogens with zero attached hydrogens (tertiary/aromatic N) is 2. The molecule has 10 heteroatoms. The fraction of sp³-hybridized carbons (Fsp3) is 0.238. The second-order valence-electron chi connectivity index (χ2n) is 6.70. The molecule has 162 valence electrons. The van der Waals surface area contributed by atoms with Crippen LogP contribution in [0.4, 0.5) is 13.2 Å². The molecule has 0 saturated heterocycles. The molecule has 1 N–H and O–H groups in total. The second-order valence-corrected chi connectivity index (χ2v) is 6.70. The molecule has 0 spiro atoms. The Morgan fingerprint density at radius 2 is 1.94 bits per heavy atom. The lowest BCUT2D eigenvalue weighted by molar-refractivity contribution is -0.137. The van der Waals surface area contributed by atoms with Crippen molar-refractivity contribution in [2.24, 2.45) is 0 Å². The normalized spacial score (nSPS) is 13.0. The minimum absolute atomic E-state index is 0.0440. The van der Waals surface area contributed by atoms with Crippen molar-refractivity contribution >= 4 is 5.91 Å². The molecule has 3 aromatic rings. The molecule has 1 aliphatic rings. The molecule has 2 heterocycles. The number of rotatable bonds is 5. The zero-order valence-corrected chi connectivity index (χ0v) is 16.4. The van der Waals surface area contributed by atoms with E-state index in [0.29, 0.717) is 24.7 Å². The maximum Gasteiger partial charge on any atom is 0.416 e. The van der Waals surface area contributed by atoms with Gasteiger partial charge in [0.25, 0.3) is 5.91 Å². The third-order valence-corrected chi connectivity index (χ3v) is 4.61. The minimum atomic E-state index is -4.49. The highest BCUT2D eigenvalue weighted by molar-refractivity contribution is 5.94. The van der Waals surface area contributed by atoms with Crippen molar-refractivity contribution in [3.63, 3.8) is 0 Å². The first-order valence-corrected chi connectivity index (χ1v) is 9.33. The van der Waals surface area contributed by atoms with Gasteiger partial charge in [-0.15, -0.1) is 0 Å². The van der Waals surface area contributed by atoms with Crippen molar-refractivity contribution in [2.75, 3.05) is 20.3 Å². The van der Waals surface area contributed by atoms with Crippen LogP contribution in [-0.2, 0) is 12.7 Å². The Labute approximate surface area is 175 Å². The first-order valence-electron chi connectivity index (χ1n) is 9.33. The number of benzene rings is 2. The van der Waals surface area contributed by atoms with E-state index in [2.05, 4.69) is 10.4 Å². The Hall–Kier alpha value is -3.69. The summed E-state index contributed by atoms with van der Waals surface area (Å²) in [5.41, 5.74) is 0.0782. The number of hydrogen-bond donors (Lipinski definition) is 1. The molecule has 0 bridgehead atoms. The van der Waals surface area contributed by atoms with E-state index in [1.54, 1.807) is 18.2 Å². The number of nitrogens with one attached hydrogen (secondary N) is 1. The second kappa shape index (κ2) is 8.21. The third-order valence-electron chi connectivity index (χ3n) is 4.61. The number of alkyl halides is 3. The van der Waals surface area contributed by atoms with Gasteiger partial charge in [0.05, 0.1) is 24.6 Å². The topological polar surface area (TPSA) is 74.6 Å². The number of amides is 1. The fourth-order valence-corrected chi connectivity index (χ4v) is 3.09. The Kier molecular flexibility index (Phi) is 5.45. The molecule has 0 unspecified atom stereocenters. The molecule has 0 aliphatic carbocycles. The molecule has 0 atom stereocenters. The van der Waals surface area contributed by atoms with E-state index in [4.69, 9.17) is 14.2 Å². The zero-order valence-electron chi connectivity index (χ0n) is 16.4. The average Bonchev–Trinajstić information content (AvgIpc) is 3.21. The number of methoxy groups -OCH3 is 1. The minimum Gasteiger partial charge on any atom is -0.493 e. The van der Waals surface area contributed by atoms with Gasteiger partial charge in [-0.25, -0.2) is 4.68 Å². The highest BCUT2D eigenvalue weighted by atomic mass is 19.4. The van der Waals surface area contributed by atoms with Crippen molar-refractivity contribution in [1.82, 2.24) is 15.1 Å². The summed E-state index contributed by atoms with van der Waals surface area (Å²) in [6.45, 7) is 1.12. The van der Waals surface area contributed by atoms with Crippen molar-refractivity contribution in [3.8, 4) is 22.9 Å². The zero-order chi connectivity index (χ0) is 22.0. The summed E-state index contributed by atoms with van der Waals surface area (Å²) in [6, 6.07) is 9.97. The Morgan fingerprint density at radius 1 is 1.16 bits per heavy atom. The van der Waals surface area contributed by atoms with Crippen LogP contribution in [0.3, 0.4) is 0 Å². The van der Waals surface area contributed by atoms with Gasteiger partial charge < -0.3 is 19.5 Å². The number of carbonyl (C=O) groups excluding carboxylic acids is 1. The highest BCUT2D eigenvalue weighted by Gasteiger charge is 2.30. The predicted molar refractivity (Wildman–Crippen MR) is 104 cm³/mol. The molecular weight excluding hydrogens is 415 g/mol. The average molecular weight is 433 g/mol. The highest BCUT2D eigenvalue weighted by Crippen LogP contribution is 2.32. The van der Waals surface area contributed by atoms with Crippen LogP contribution >= 0.6 is 0 Å². The Morgan fingerprint density at radius 3 is 2.68 bits per heavy atom. The predicted octanol–water partition coefficient (Wildman–Crippen LogP) is 3.60. The van der Waals surface area contributed by atoms with E-state index in [1.165, 1.54) is 30.1 Å². The molecule has 2 aromatic carbocycles. The van der Waals surface area contributed by atoms with Gasteiger partial charge in [0.15, 0.2) is 22.9 Å². The molecule has 0 radical (unpaired) electrons. The standard InChI is InChI=1S/C21H18F3N3O4/c1-29-18-12-27(15-4-2-3-14(10-15)21(22,23)24)26-19(18)20(28)25-11-13-5-6-16-17(9-13)31-8-7-30-16/h2-6,9-10,12H,7-8,11H2,1H3,(H,25,28). The number of ether oxygens (including phenoxy) is 3. The molecule has 1 aromatic heterocycles. The van der Waals surface area contributed by atoms with Crippen LogP contribution in [0, 0.1) is 0 Å². The smallest absolute Gasteiger partial charge is 0.416 e. The van der Waals surface area contributed by atoms with Crippen molar-refractivity contribution in [3.05, 3.63) is 65.5 Å². The van der Waals surface area contributed by atoms with Gasteiger partial charge in [-0.05, 0) is 35.9 Å². The first kappa shape index (κ1) is 20.6. The van der Waals surface area contributed by atoms with Gasteiger partial charge in [-0.2, -0.15) is 18.3 Å². The SMILES string of the molecule is COc1cn(-c2cccc(C(F)(F)F)c2)nc1C(=O)NCc1ccc2c(c1)OCCO2. The van der Waals surface area contributed by atoms with Gasteiger partial charge in [0.1, 0.15) is 13.2 Å². The van der Waals surface area contributed by atoms with E-state index in [-0.39, 0.29) is 23.7 Å². The van der Waals surface area contributed by atoms with E-state index in [1.807, 2.05) is 0 Å². The summed E-state index contributed by atoms with van der Waals surface area (Å²) in [7, 11) is 1.35. The molecule has 31 heavy (non-hydrogen) atoms. The van der Waals surface area contributed by atoms with Gasteiger partial charge >= 0.3 is 6.18 Å².